The first-order valence-corrected chi connectivity index (χ1v) is 19.5. The first-order valence-electron chi connectivity index (χ1n) is 19.5. The van der Waals surface area contributed by atoms with Crippen LogP contribution in [-0.4, -0.2) is 118 Å². The van der Waals surface area contributed by atoms with Gasteiger partial charge in [0.2, 0.25) is 29.5 Å². The van der Waals surface area contributed by atoms with Crippen LogP contribution in [0.2, 0.25) is 0 Å². The Labute approximate surface area is 329 Å². The first kappa shape index (κ1) is 41.0. The monoisotopic (exact) mass is 793 g/mol. The average Bonchev–Trinajstić information content (AvgIpc) is 3.87. The summed E-state index contributed by atoms with van der Waals surface area (Å²) in [7, 11) is 0. The van der Waals surface area contributed by atoms with Crippen molar-refractivity contribution >= 4 is 47.2 Å². The van der Waals surface area contributed by atoms with Crippen LogP contribution in [0.25, 0.3) is 0 Å². The lowest BCUT2D eigenvalue weighted by molar-refractivity contribution is -0.163. The van der Waals surface area contributed by atoms with Gasteiger partial charge >= 0.3 is 12.0 Å². The van der Waals surface area contributed by atoms with Crippen molar-refractivity contribution in [2.24, 2.45) is 0 Å². The highest BCUT2D eigenvalue weighted by atomic mass is 19.1. The van der Waals surface area contributed by atoms with Gasteiger partial charge in [0.1, 0.15) is 54.0 Å². The Bertz CT molecular complexity index is 1880. The van der Waals surface area contributed by atoms with Crippen LogP contribution in [0.5, 0.6) is 0 Å². The van der Waals surface area contributed by atoms with Gasteiger partial charge in [0.15, 0.2) is 0 Å². The van der Waals surface area contributed by atoms with E-state index >= 15 is 0 Å². The third-order valence-electron chi connectivity index (χ3n) is 11.1. The minimum atomic E-state index is -1.61. The number of nitrogens with zero attached hydrogens (tertiary/aromatic N) is 3. The Morgan fingerprint density at radius 1 is 0.789 bits per heavy atom. The molecule has 6 rings (SSSR count). The van der Waals surface area contributed by atoms with Gasteiger partial charge in [0.05, 0.1) is 0 Å². The molecule has 0 saturated carbocycles. The number of fused-ring (bicyclic) bond motifs is 3. The number of cyclic esters (lactones) is 1. The number of carbonyl (C=O) groups excluding carboxylic acids is 7. The van der Waals surface area contributed by atoms with Gasteiger partial charge in [0, 0.05) is 37.8 Å². The zero-order chi connectivity index (χ0) is 41.0. The van der Waals surface area contributed by atoms with Crippen molar-refractivity contribution in [1.82, 2.24) is 30.7 Å². The van der Waals surface area contributed by atoms with Crippen molar-refractivity contribution in [3.8, 4) is 0 Å². The number of piperidine rings is 1. The molecule has 2 aromatic carbocycles. The van der Waals surface area contributed by atoms with Gasteiger partial charge in [-0.15, -0.1) is 0 Å². The molecule has 17 heteroatoms. The molecular formula is C40H49F2N7O8. The van der Waals surface area contributed by atoms with Gasteiger partial charge in [0.25, 0.3) is 0 Å². The molecule has 15 nitrogen and oxygen atoms in total. The van der Waals surface area contributed by atoms with Gasteiger partial charge in [-0.25, -0.2) is 18.4 Å². The smallest absolute Gasteiger partial charge is 0.329 e. The number of anilines is 1. The van der Waals surface area contributed by atoms with Crippen LogP contribution in [0.1, 0.15) is 69.9 Å². The summed E-state index contributed by atoms with van der Waals surface area (Å²) >= 11 is 0. The summed E-state index contributed by atoms with van der Waals surface area (Å²) < 4.78 is 34.4. The van der Waals surface area contributed by atoms with Crippen LogP contribution in [0.4, 0.5) is 19.3 Å². The van der Waals surface area contributed by atoms with E-state index in [4.69, 9.17) is 4.74 Å². The van der Waals surface area contributed by atoms with E-state index in [0.29, 0.717) is 43.9 Å². The van der Waals surface area contributed by atoms with Crippen LogP contribution in [0.15, 0.2) is 42.5 Å². The molecule has 4 fully saturated rings. The Hall–Kier alpha value is -5.61. The van der Waals surface area contributed by atoms with E-state index in [1.165, 1.54) is 28.5 Å². The molecule has 4 aliphatic heterocycles. The maximum absolute atomic E-state index is 14.6. The molecule has 4 N–H and O–H groups in total. The molecule has 4 saturated heterocycles. The molecule has 7 unspecified atom stereocenters. The highest BCUT2D eigenvalue weighted by Gasteiger charge is 2.46. The Kier molecular flexibility index (Phi) is 12.7. The number of rotatable bonds is 6. The second-order valence-corrected chi connectivity index (χ2v) is 15.3. The molecule has 7 atom stereocenters. The summed E-state index contributed by atoms with van der Waals surface area (Å²) in [6.07, 6.45) is 1.32. The lowest BCUT2D eigenvalue weighted by Crippen LogP contribution is -2.63. The van der Waals surface area contributed by atoms with Crippen LogP contribution in [-0.2, 0) is 39.9 Å². The summed E-state index contributed by atoms with van der Waals surface area (Å²) in [5, 5.41) is 10.5. The fourth-order valence-corrected chi connectivity index (χ4v) is 8.12. The highest BCUT2D eigenvalue weighted by molar-refractivity contribution is 5.98. The quantitative estimate of drug-likeness (QED) is 0.321. The van der Waals surface area contributed by atoms with Gasteiger partial charge < -0.3 is 40.7 Å². The molecule has 7 amide bonds. The summed E-state index contributed by atoms with van der Waals surface area (Å²) in [5.41, 5.74) is 1.36. The van der Waals surface area contributed by atoms with Gasteiger partial charge in [-0.05, 0) is 95.5 Å². The number of amides is 7. The van der Waals surface area contributed by atoms with E-state index in [2.05, 4.69) is 21.3 Å². The second kappa shape index (κ2) is 17.7. The summed E-state index contributed by atoms with van der Waals surface area (Å²) in [6.45, 7) is 5.39. The standard InChI is InChI=1S/C40H49F2N7O8/c1-22-11-13-28(14-12-22)44-40(56)45-29(20-25-18-26(41)21-27(42)19-25)34(50)46-33-24(3)57-39(55)32-10-7-17-49(32)36(52)23(2)43-35(51)30-8-4-5-15-47(30)37(53)31-9-6-16-48(31)38(33)54/h11-14,18-19,21,23-24,29-33H,4-10,15-17,20H2,1-3H3,(H,43,51)(H,46,50)(H2,44,45,56). The van der Waals surface area contributed by atoms with E-state index in [-0.39, 0.29) is 38.0 Å². The van der Waals surface area contributed by atoms with E-state index in [1.807, 2.05) is 6.92 Å². The Morgan fingerprint density at radius 2 is 1.39 bits per heavy atom. The van der Waals surface area contributed by atoms with Gasteiger partial charge in [-0.2, -0.15) is 0 Å². The third kappa shape index (κ3) is 9.51. The fraction of sp³-hybridized carbons (Fsp3) is 0.525. The van der Waals surface area contributed by atoms with Crippen LogP contribution < -0.4 is 21.3 Å². The minimum Gasteiger partial charge on any atom is -0.458 e. The number of hydrogen-bond donors (Lipinski definition) is 4. The molecule has 2 aromatic rings. The normalized spacial score (nSPS) is 26.5. The van der Waals surface area contributed by atoms with E-state index < -0.39 is 102 Å². The topological polar surface area (TPSA) is 187 Å². The number of benzene rings is 2. The average molecular weight is 794 g/mol. The van der Waals surface area contributed by atoms with Crippen molar-refractivity contribution in [2.75, 3.05) is 25.0 Å². The molecule has 4 aliphatic rings. The predicted octanol–water partition coefficient (Wildman–Crippen LogP) is 2.30. The SMILES string of the molecule is Cc1ccc(NC(=O)NC(Cc2cc(F)cc(F)c2)C(=O)NC2C(=O)N3CCCC3C(=O)N3CCCCC3C(=O)NC(C)C(=O)N3CCCC3C(=O)OC2C)cc1. The number of carbonyl (C=O) groups is 7. The summed E-state index contributed by atoms with van der Waals surface area (Å²) in [4.78, 5) is 102. The Balaban J connectivity index is 1.33. The molecule has 4 heterocycles. The van der Waals surface area contributed by atoms with Crippen molar-refractivity contribution in [1.29, 1.82) is 0 Å². The minimum absolute atomic E-state index is 0.0256. The van der Waals surface area contributed by atoms with E-state index in [0.717, 1.165) is 17.7 Å². The predicted molar refractivity (Wildman–Crippen MR) is 201 cm³/mol. The lowest BCUT2D eigenvalue weighted by Gasteiger charge is -2.39. The largest absolute Gasteiger partial charge is 0.458 e. The van der Waals surface area contributed by atoms with E-state index in [9.17, 15) is 42.3 Å². The van der Waals surface area contributed by atoms with Crippen LogP contribution in [0.3, 0.4) is 0 Å². The first-order chi connectivity index (χ1) is 27.2. The molecule has 306 valence electrons. The van der Waals surface area contributed by atoms with Crippen molar-refractivity contribution in [2.45, 2.75) is 114 Å². The van der Waals surface area contributed by atoms with Gasteiger partial charge in [-0.3, -0.25) is 24.0 Å². The summed E-state index contributed by atoms with van der Waals surface area (Å²) in [5.74, 6) is -5.82. The lowest BCUT2D eigenvalue weighted by atomic mass is 9.99. The number of halogens is 2. The Morgan fingerprint density at radius 3 is 2.07 bits per heavy atom. The highest BCUT2D eigenvalue weighted by Crippen LogP contribution is 2.27. The molecule has 0 aliphatic carbocycles. The zero-order valence-electron chi connectivity index (χ0n) is 32.2. The molecule has 0 radical (unpaired) electrons. The zero-order valence-corrected chi connectivity index (χ0v) is 32.2. The number of hydrogen-bond acceptors (Lipinski definition) is 8. The number of aryl methyl sites for hydroxylation is 1. The summed E-state index contributed by atoms with van der Waals surface area (Å²) in [6, 6.07) is 1.61. The van der Waals surface area contributed by atoms with E-state index in [1.54, 1.807) is 24.3 Å². The number of nitrogens with one attached hydrogen (secondary N) is 4. The molecule has 0 spiro atoms. The number of esters is 1. The maximum Gasteiger partial charge on any atom is 0.329 e. The van der Waals surface area contributed by atoms with Crippen molar-refractivity contribution in [3.05, 3.63) is 65.2 Å². The molecular weight excluding hydrogens is 744 g/mol. The second-order valence-electron chi connectivity index (χ2n) is 15.3. The third-order valence-corrected chi connectivity index (χ3v) is 11.1. The van der Waals surface area contributed by atoms with Crippen molar-refractivity contribution in [3.63, 3.8) is 0 Å². The molecule has 0 bridgehead atoms. The van der Waals surface area contributed by atoms with Crippen molar-refractivity contribution < 1.29 is 47.1 Å². The van der Waals surface area contributed by atoms with Gasteiger partial charge in [-0.1, -0.05) is 17.7 Å². The number of urea groups is 1. The maximum atomic E-state index is 14.6. The molecule has 0 aromatic heterocycles. The molecule has 57 heavy (non-hydrogen) atoms. The van der Waals surface area contributed by atoms with Crippen LogP contribution >= 0.6 is 0 Å². The number of ether oxygens (including phenoxy) is 1. The van der Waals surface area contributed by atoms with Crippen LogP contribution in [0, 0.1) is 18.6 Å². The fourth-order valence-electron chi connectivity index (χ4n) is 8.12.